The van der Waals surface area contributed by atoms with Gasteiger partial charge in [-0.2, -0.15) is 0 Å². The second kappa shape index (κ2) is 6.31. The van der Waals surface area contributed by atoms with E-state index in [0.29, 0.717) is 5.56 Å². The molecule has 0 bridgehead atoms. The van der Waals surface area contributed by atoms with Crippen LogP contribution in [0.1, 0.15) is 8.42 Å². The maximum absolute atomic E-state index is 10.6. The zero-order chi connectivity index (χ0) is 10.6. The van der Waals surface area contributed by atoms with E-state index in [0.717, 1.165) is 0 Å². The Balaban J connectivity index is -0.000000653. The maximum Gasteiger partial charge on any atom is 2.00 e. The Kier molecular flexibility index (Phi) is 5.81. The van der Waals surface area contributed by atoms with Crippen LogP contribution >= 0.6 is 0 Å². The number of carbonyl (C=O) groups is 1. The predicted molar refractivity (Wildman–Crippen MR) is 58.7 cm³/mol. The summed E-state index contributed by atoms with van der Waals surface area (Å²) in [6.07, 6.45) is 1.38. The summed E-state index contributed by atoms with van der Waals surface area (Å²) in [5.74, 6) is -1.13. The summed E-state index contributed by atoms with van der Waals surface area (Å²) in [7, 11) is 1.29. The first-order valence-electron chi connectivity index (χ1n) is 3.91. The molecule has 0 saturated heterocycles. The molecule has 15 heavy (non-hydrogen) atoms. The third kappa shape index (κ3) is 4.22. The quantitative estimate of drug-likeness (QED) is 0.458. The Labute approximate surface area is 106 Å². The predicted octanol–water partition coefficient (Wildman–Crippen LogP) is 1.31. The van der Waals surface area contributed by atoms with Crippen molar-refractivity contribution in [2.45, 2.75) is 0 Å². The molecule has 0 heterocycles. The second-order valence-corrected chi connectivity index (χ2v) is 2.61. The molecule has 0 radical (unpaired) electrons. The third-order valence-electron chi connectivity index (χ3n) is 1.62. The monoisotopic (exact) mass is 220 g/mol. The molecule has 0 fully saturated rings. The van der Waals surface area contributed by atoms with Gasteiger partial charge >= 0.3 is 29.0 Å². The zero-order valence-corrected chi connectivity index (χ0v) is 9.72. The van der Waals surface area contributed by atoms with E-state index in [-0.39, 0.29) is 37.4 Å². The van der Waals surface area contributed by atoms with Crippen molar-refractivity contribution < 1.29 is 22.6 Å². The fourth-order valence-corrected chi connectivity index (χ4v) is 0.930. The van der Waals surface area contributed by atoms with E-state index in [1.165, 1.54) is 25.3 Å². The van der Waals surface area contributed by atoms with Crippen molar-refractivity contribution in [1.82, 2.24) is 0 Å². The fourth-order valence-electron chi connectivity index (χ4n) is 0.930. The minimum absolute atomic E-state index is 0. The summed E-state index contributed by atoms with van der Waals surface area (Å²) in [5.41, 5.74) is 0.655. The number of hydrogen-bond acceptors (Lipinski definition) is 3. The number of benzene rings is 1. The van der Waals surface area contributed by atoms with Crippen molar-refractivity contribution in [3.63, 3.8) is 0 Å². The minimum atomic E-state index is -1.12. The molecule has 5 heteroatoms. The number of carboxylic acid groups (broad SMARTS) is 1. The fraction of sp³-hybridized carbons (Fsp3) is 0.100. The average Bonchev–Trinajstić information content (AvgIpc) is 2.16. The van der Waals surface area contributed by atoms with Crippen LogP contribution in [0.15, 0.2) is 30.0 Å². The third-order valence-corrected chi connectivity index (χ3v) is 1.62. The Morgan fingerprint density at radius 1 is 1.40 bits per heavy atom. The normalized spacial score (nSPS) is 10.3. The van der Waals surface area contributed by atoms with E-state index in [2.05, 4.69) is 4.74 Å². The summed E-state index contributed by atoms with van der Waals surface area (Å²) >= 11 is 0. The SMILES string of the molecule is COC(=Cc1ccc(O)cc1)C(=O)O.[H-].[H-].[Mg+2]. The molecule has 0 saturated carbocycles. The molecule has 78 valence electrons. The van der Waals surface area contributed by atoms with E-state index in [1.807, 2.05) is 0 Å². The summed E-state index contributed by atoms with van der Waals surface area (Å²) in [6, 6.07) is 6.14. The van der Waals surface area contributed by atoms with Crippen LogP contribution in [0, 0.1) is 0 Å². The molecule has 0 spiro atoms. The average molecular weight is 221 g/mol. The van der Waals surface area contributed by atoms with Gasteiger partial charge in [0, 0.05) is 0 Å². The molecule has 0 aliphatic carbocycles. The van der Waals surface area contributed by atoms with E-state index < -0.39 is 5.97 Å². The topological polar surface area (TPSA) is 66.8 Å². The molecule has 2 N–H and O–H groups in total. The van der Waals surface area contributed by atoms with Crippen LogP contribution in [0.4, 0.5) is 0 Å². The van der Waals surface area contributed by atoms with Crippen LogP contribution in [-0.2, 0) is 9.53 Å². The van der Waals surface area contributed by atoms with Crippen molar-refractivity contribution >= 4 is 35.1 Å². The van der Waals surface area contributed by atoms with Gasteiger partial charge in [-0.15, -0.1) is 0 Å². The number of phenolic OH excluding ortho intramolecular Hbond substituents is 1. The molecule has 0 aliphatic rings. The largest absolute Gasteiger partial charge is 2.00 e. The number of rotatable bonds is 3. The standard InChI is InChI=1S/C10H10O4.Mg.2H/c1-14-9(10(12)13)6-7-2-4-8(11)5-3-7;;;/h2-6,11H,1H3,(H,12,13);;;/q;+2;2*-1. The van der Waals surface area contributed by atoms with E-state index in [9.17, 15) is 4.79 Å². The maximum atomic E-state index is 10.6. The first-order chi connectivity index (χ1) is 6.63. The van der Waals surface area contributed by atoms with Crippen molar-refractivity contribution in [2.24, 2.45) is 0 Å². The van der Waals surface area contributed by atoms with E-state index in [4.69, 9.17) is 10.2 Å². The van der Waals surface area contributed by atoms with Gasteiger partial charge < -0.3 is 17.8 Å². The molecule has 1 aromatic rings. The van der Waals surface area contributed by atoms with Gasteiger partial charge in [-0.1, -0.05) is 12.1 Å². The van der Waals surface area contributed by atoms with Crippen LogP contribution < -0.4 is 0 Å². The number of methoxy groups -OCH3 is 1. The van der Waals surface area contributed by atoms with Gasteiger partial charge in [-0.05, 0) is 23.8 Å². The number of aliphatic carboxylic acids is 1. The molecular weight excluding hydrogens is 208 g/mol. The Morgan fingerprint density at radius 3 is 2.33 bits per heavy atom. The molecule has 1 rings (SSSR count). The first kappa shape index (κ1) is 13.8. The molecule has 0 atom stereocenters. The summed E-state index contributed by atoms with van der Waals surface area (Å²) in [4.78, 5) is 10.6. The van der Waals surface area contributed by atoms with Crippen LogP contribution in [0.5, 0.6) is 5.75 Å². The van der Waals surface area contributed by atoms with Gasteiger partial charge in [0.2, 0.25) is 5.76 Å². The Hall–Kier alpha value is -1.20. The van der Waals surface area contributed by atoms with Gasteiger partial charge in [0.1, 0.15) is 5.75 Å². The molecule has 0 aliphatic heterocycles. The Morgan fingerprint density at radius 2 is 1.93 bits per heavy atom. The molecule has 0 amide bonds. The van der Waals surface area contributed by atoms with Crippen molar-refractivity contribution in [1.29, 1.82) is 0 Å². The van der Waals surface area contributed by atoms with Crippen molar-refractivity contribution in [2.75, 3.05) is 7.11 Å². The summed E-state index contributed by atoms with van der Waals surface area (Å²) < 4.78 is 4.64. The smallest absolute Gasteiger partial charge is 1.00 e. The van der Waals surface area contributed by atoms with Gasteiger partial charge in [-0.25, -0.2) is 4.79 Å². The molecule has 0 aromatic heterocycles. The van der Waals surface area contributed by atoms with E-state index in [1.54, 1.807) is 12.1 Å². The van der Waals surface area contributed by atoms with Gasteiger partial charge in [0.25, 0.3) is 0 Å². The van der Waals surface area contributed by atoms with Crippen LogP contribution in [0.25, 0.3) is 6.08 Å². The summed E-state index contributed by atoms with van der Waals surface area (Å²) in [6.45, 7) is 0. The number of carboxylic acids is 1. The molecular formula is C10H12MgO4. The van der Waals surface area contributed by atoms with Crippen molar-refractivity contribution in [3.05, 3.63) is 35.6 Å². The Bertz CT molecular complexity index is 365. The number of ether oxygens (including phenoxy) is 1. The zero-order valence-electron chi connectivity index (χ0n) is 10.3. The second-order valence-electron chi connectivity index (χ2n) is 2.61. The number of hydrogen-bond donors (Lipinski definition) is 2. The molecule has 1 aromatic carbocycles. The molecule has 0 unspecified atom stereocenters. The van der Waals surface area contributed by atoms with Crippen LogP contribution in [0.3, 0.4) is 0 Å². The van der Waals surface area contributed by atoms with E-state index >= 15 is 0 Å². The van der Waals surface area contributed by atoms with Crippen LogP contribution in [0.2, 0.25) is 0 Å². The van der Waals surface area contributed by atoms with Gasteiger partial charge in [-0.3, -0.25) is 0 Å². The van der Waals surface area contributed by atoms with Crippen LogP contribution in [-0.4, -0.2) is 46.3 Å². The summed E-state index contributed by atoms with van der Waals surface area (Å²) in [5, 5.41) is 17.6. The number of aromatic hydroxyl groups is 1. The molecule has 4 nitrogen and oxygen atoms in total. The minimum Gasteiger partial charge on any atom is -1.00 e. The van der Waals surface area contributed by atoms with Gasteiger partial charge in [0.15, 0.2) is 0 Å². The first-order valence-corrected chi connectivity index (χ1v) is 3.91. The van der Waals surface area contributed by atoms with Crippen molar-refractivity contribution in [3.8, 4) is 5.75 Å². The van der Waals surface area contributed by atoms with Gasteiger partial charge in [0.05, 0.1) is 7.11 Å². The number of phenols is 1.